The van der Waals surface area contributed by atoms with Crippen molar-refractivity contribution < 1.29 is 33.3 Å². The number of hydrogen-bond acceptors (Lipinski definition) is 7. The van der Waals surface area contributed by atoms with Gasteiger partial charge in [-0.3, -0.25) is 4.79 Å². The van der Waals surface area contributed by atoms with Gasteiger partial charge in [0.1, 0.15) is 11.5 Å². The summed E-state index contributed by atoms with van der Waals surface area (Å²) < 4.78 is 28.6. The van der Waals surface area contributed by atoms with Gasteiger partial charge in [-0.25, -0.2) is 4.79 Å². The third-order valence-electron chi connectivity index (χ3n) is 5.92. The molecule has 216 valence electrons. The molecule has 0 radical (unpaired) electrons. The van der Waals surface area contributed by atoms with E-state index in [0.717, 1.165) is 19.3 Å². The van der Waals surface area contributed by atoms with Crippen molar-refractivity contribution in [3.05, 3.63) is 47.5 Å². The highest BCUT2D eigenvalue weighted by molar-refractivity contribution is 6.11. The highest BCUT2D eigenvalue weighted by Crippen LogP contribution is 2.33. The fourth-order valence-electron chi connectivity index (χ4n) is 3.50. The molecule has 2 aromatic rings. The first kappa shape index (κ1) is 32.0. The molecule has 0 N–H and O–H groups in total. The summed E-state index contributed by atoms with van der Waals surface area (Å²) in [6.45, 7) is 16.1. The maximum absolute atomic E-state index is 13.7. The van der Waals surface area contributed by atoms with Crippen molar-refractivity contribution in [1.82, 2.24) is 0 Å². The van der Waals surface area contributed by atoms with E-state index in [2.05, 4.69) is 41.5 Å². The van der Waals surface area contributed by atoms with E-state index in [1.165, 1.54) is 0 Å². The van der Waals surface area contributed by atoms with Gasteiger partial charge in [-0.2, -0.15) is 0 Å². The lowest BCUT2D eigenvalue weighted by atomic mass is 10.0. The fraction of sp³-hybridized carbons (Fsp3) is 0.562. The summed E-state index contributed by atoms with van der Waals surface area (Å²) in [5.74, 6) is 2.69. The molecule has 2 rings (SSSR count). The van der Waals surface area contributed by atoms with E-state index < -0.39 is 5.97 Å². The average molecular weight is 543 g/mol. The molecular formula is C32H46O7. The first-order valence-electron chi connectivity index (χ1n) is 14.1. The van der Waals surface area contributed by atoms with Crippen LogP contribution in [0.5, 0.6) is 23.0 Å². The van der Waals surface area contributed by atoms with Crippen molar-refractivity contribution in [2.24, 2.45) is 17.8 Å². The highest BCUT2D eigenvalue weighted by atomic mass is 16.6. The summed E-state index contributed by atoms with van der Waals surface area (Å²) >= 11 is 0. The summed E-state index contributed by atoms with van der Waals surface area (Å²) in [7, 11) is 0. The number of carbonyl (C=O) groups is 2. The maximum atomic E-state index is 13.7. The van der Waals surface area contributed by atoms with Crippen LogP contribution >= 0.6 is 0 Å². The van der Waals surface area contributed by atoms with Gasteiger partial charge in [0.05, 0.1) is 32.0 Å². The van der Waals surface area contributed by atoms with Crippen LogP contribution in [0.15, 0.2) is 36.4 Å². The van der Waals surface area contributed by atoms with Gasteiger partial charge in [-0.05, 0) is 74.3 Å². The highest BCUT2D eigenvalue weighted by Gasteiger charge is 2.19. The number of benzene rings is 2. The Morgan fingerprint density at radius 1 is 0.667 bits per heavy atom. The minimum absolute atomic E-state index is 0.224. The fourth-order valence-corrected chi connectivity index (χ4v) is 3.50. The Bertz CT molecular complexity index is 1040. The van der Waals surface area contributed by atoms with Crippen LogP contribution in [-0.4, -0.2) is 44.8 Å². The number of rotatable bonds is 18. The van der Waals surface area contributed by atoms with Gasteiger partial charge in [0.25, 0.3) is 0 Å². The van der Waals surface area contributed by atoms with Crippen LogP contribution < -0.4 is 18.9 Å². The molecule has 39 heavy (non-hydrogen) atoms. The van der Waals surface area contributed by atoms with Crippen LogP contribution in [0.4, 0.5) is 0 Å². The van der Waals surface area contributed by atoms with Crippen molar-refractivity contribution in [2.75, 3.05) is 33.0 Å². The molecule has 0 aliphatic heterocycles. The zero-order chi connectivity index (χ0) is 28.8. The number of ether oxygens (including phenoxy) is 5. The molecule has 7 nitrogen and oxygen atoms in total. The Kier molecular flexibility index (Phi) is 13.7. The van der Waals surface area contributed by atoms with E-state index in [1.807, 2.05) is 0 Å². The molecule has 0 aliphatic carbocycles. The SMILES string of the molecule is CCOC(=O)COc1cc(C(=O)c2ccc(OCCC(C)C)cc2OCCC(C)C)ccc1OCCC(C)C. The van der Waals surface area contributed by atoms with Gasteiger partial charge in [0.2, 0.25) is 0 Å². The third-order valence-corrected chi connectivity index (χ3v) is 5.92. The lowest BCUT2D eigenvalue weighted by Crippen LogP contribution is -2.15. The number of ketones is 1. The van der Waals surface area contributed by atoms with Gasteiger partial charge in [-0.1, -0.05) is 41.5 Å². The molecule has 0 spiro atoms. The van der Waals surface area contributed by atoms with Crippen LogP contribution in [0, 0.1) is 17.8 Å². The smallest absolute Gasteiger partial charge is 0.344 e. The maximum Gasteiger partial charge on any atom is 0.344 e. The number of carbonyl (C=O) groups excluding carboxylic acids is 2. The lowest BCUT2D eigenvalue weighted by Gasteiger charge is -2.16. The summed E-state index contributed by atoms with van der Waals surface area (Å²) in [6, 6.07) is 10.3. The van der Waals surface area contributed by atoms with Crippen molar-refractivity contribution in [3.63, 3.8) is 0 Å². The van der Waals surface area contributed by atoms with Crippen molar-refractivity contribution in [1.29, 1.82) is 0 Å². The normalized spacial score (nSPS) is 11.1. The average Bonchev–Trinajstić information content (AvgIpc) is 2.87. The van der Waals surface area contributed by atoms with E-state index in [1.54, 1.807) is 43.3 Å². The van der Waals surface area contributed by atoms with Crippen molar-refractivity contribution in [3.8, 4) is 23.0 Å². The Hall–Kier alpha value is -3.22. The van der Waals surface area contributed by atoms with Crippen LogP contribution in [0.25, 0.3) is 0 Å². The minimum atomic E-state index is -0.490. The predicted octanol–water partition coefficient (Wildman–Crippen LogP) is 7.13. The van der Waals surface area contributed by atoms with Gasteiger partial charge >= 0.3 is 5.97 Å². The quantitative estimate of drug-likeness (QED) is 0.146. The standard InChI is InChI=1S/C32H46O7/c1-8-35-31(33)21-39-30-19-25(9-12-28(30)37-17-14-23(4)5)32(34)27-11-10-26(36-16-13-22(2)3)20-29(27)38-18-15-24(6)7/h9-12,19-20,22-24H,8,13-18,21H2,1-7H3. The van der Waals surface area contributed by atoms with E-state index >= 15 is 0 Å². The zero-order valence-corrected chi connectivity index (χ0v) is 24.7. The molecule has 0 aromatic heterocycles. The predicted molar refractivity (Wildman–Crippen MR) is 153 cm³/mol. The van der Waals surface area contributed by atoms with Gasteiger partial charge in [-0.15, -0.1) is 0 Å². The topological polar surface area (TPSA) is 80.3 Å². The number of hydrogen-bond donors (Lipinski definition) is 0. The zero-order valence-electron chi connectivity index (χ0n) is 24.7. The molecule has 7 heteroatoms. The molecular weight excluding hydrogens is 496 g/mol. The summed E-state index contributed by atoms with van der Waals surface area (Å²) in [5, 5.41) is 0. The summed E-state index contributed by atoms with van der Waals surface area (Å²) in [5.41, 5.74) is 0.826. The molecule has 0 aliphatic rings. The Morgan fingerprint density at radius 3 is 1.85 bits per heavy atom. The molecule has 0 heterocycles. The van der Waals surface area contributed by atoms with Crippen molar-refractivity contribution in [2.45, 2.75) is 67.7 Å². The molecule has 0 amide bonds. The van der Waals surface area contributed by atoms with Crippen LogP contribution in [0.1, 0.15) is 83.7 Å². The summed E-state index contributed by atoms with van der Waals surface area (Å²) in [6.07, 6.45) is 2.66. The van der Waals surface area contributed by atoms with Crippen LogP contribution in [0.3, 0.4) is 0 Å². The molecule has 0 atom stereocenters. The van der Waals surface area contributed by atoms with E-state index in [4.69, 9.17) is 23.7 Å². The lowest BCUT2D eigenvalue weighted by molar-refractivity contribution is -0.145. The molecule has 0 bridgehead atoms. The molecule has 0 fully saturated rings. The van der Waals surface area contributed by atoms with E-state index in [-0.39, 0.29) is 19.0 Å². The Morgan fingerprint density at radius 2 is 1.26 bits per heavy atom. The molecule has 0 saturated carbocycles. The van der Waals surface area contributed by atoms with Crippen LogP contribution in [-0.2, 0) is 9.53 Å². The monoisotopic (exact) mass is 542 g/mol. The van der Waals surface area contributed by atoms with E-state index in [9.17, 15) is 9.59 Å². The van der Waals surface area contributed by atoms with Gasteiger partial charge in [0, 0.05) is 11.6 Å². The second kappa shape index (κ2) is 16.7. The Labute approximate surface area is 234 Å². The Balaban J connectivity index is 2.33. The third kappa shape index (κ3) is 11.6. The molecule has 2 aromatic carbocycles. The summed E-state index contributed by atoms with van der Waals surface area (Å²) in [4.78, 5) is 25.6. The number of esters is 1. The second-order valence-electron chi connectivity index (χ2n) is 10.8. The minimum Gasteiger partial charge on any atom is -0.493 e. The first-order valence-corrected chi connectivity index (χ1v) is 14.1. The van der Waals surface area contributed by atoms with Crippen molar-refractivity contribution >= 4 is 11.8 Å². The van der Waals surface area contributed by atoms with E-state index in [0.29, 0.717) is 71.7 Å². The van der Waals surface area contributed by atoms with Gasteiger partial charge in [0.15, 0.2) is 23.9 Å². The molecule has 0 saturated heterocycles. The van der Waals surface area contributed by atoms with Crippen LogP contribution in [0.2, 0.25) is 0 Å². The van der Waals surface area contributed by atoms with Gasteiger partial charge < -0.3 is 23.7 Å². The molecule has 0 unspecified atom stereocenters. The second-order valence-corrected chi connectivity index (χ2v) is 10.8. The first-order chi connectivity index (χ1) is 18.6. The largest absolute Gasteiger partial charge is 0.493 e.